The molecular formula is C22H17Cl2N3O3S. The molecule has 0 spiro atoms. The van der Waals surface area contributed by atoms with Gasteiger partial charge in [0, 0.05) is 22.0 Å². The zero-order valence-corrected chi connectivity index (χ0v) is 18.6. The molecule has 3 aromatic rings. The minimum Gasteiger partial charge on any atom is -0.497 e. The number of ether oxygens (including phenoxy) is 1. The second kappa shape index (κ2) is 10.3. The number of methoxy groups -OCH3 is 1. The molecule has 0 unspecified atom stereocenters. The molecule has 3 aromatic carbocycles. The van der Waals surface area contributed by atoms with Crippen LogP contribution >= 0.6 is 35.4 Å². The summed E-state index contributed by atoms with van der Waals surface area (Å²) in [6.45, 7) is 0. The first-order valence-corrected chi connectivity index (χ1v) is 10.1. The van der Waals surface area contributed by atoms with Gasteiger partial charge in [-0.15, -0.1) is 0 Å². The smallest absolute Gasteiger partial charge is 0.257 e. The van der Waals surface area contributed by atoms with Crippen molar-refractivity contribution in [1.82, 2.24) is 5.32 Å². The highest BCUT2D eigenvalue weighted by atomic mass is 35.5. The number of thiocarbonyl (C=S) groups is 1. The molecule has 0 fully saturated rings. The van der Waals surface area contributed by atoms with E-state index in [4.69, 9.17) is 40.2 Å². The highest BCUT2D eigenvalue weighted by molar-refractivity contribution is 7.80. The molecule has 0 aromatic heterocycles. The highest BCUT2D eigenvalue weighted by Crippen LogP contribution is 2.23. The quantitative estimate of drug-likeness (QED) is 0.433. The Bertz CT molecular complexity index is 1140. The van der Waals surface area contributed by atoms with Gasteiger partial charge in [0.25, 0.3) is 11.8 Å². The van der Waals surface area contributed by atoms with Crippen LogP contribution in [0.2, 0.25) is 10.0 Å². The summed E-state index contributed by atoms with van der Waals surface area (Å²) < 4.78 is 5.07. The molecule has 158 valence electrons. The zero-order valence-electron chi connectivity index (χ0n) is 16.2. The fourth-order valence-corrected chi connectivity index (χ4v) is 3.33. The van der Waals surface area contributed by atoms with Crippen LogP contribution in [0.25, 0.3) is 0 Å². The minimum atomic E-state index is -0.380. The first-order chi connectivity index (χ1) is 14.9. The van der Waals surface area contributed by atoms with Crippen LogP contribution in [0.3, 0.4) is 0 Å². The van der Waals surface area contributed by atoms with Gasteiger partial charge in [0.05, 0.1) is 17.7 Å². The third kappa shape index (κ3) is 6.18. The third-order valence-corrected chi connectivity index (χ3v) is 4.89. The molecule has 31 heavy (non-hydrogen) atoms. The number of hydrogen-bond acceptors (Lipinski definition) is 4. The maximum Gasteiger partial charge on any atom is 0.257 e. The summed E-state index contributed by atoms with van der Waals surface area (Å²) in [5.74, 6) is -0.0906. The SMILES string of the molecule is COc1ccc(C(=O)NC(=S)Nc2cccc(NC(=O)c3ccc(Cl)cc3Cl)c2)cc1. The summed E-state index contributed by atoms with van der Waals surface area (Å²) >= 11 is 17.2. The Kier molecular flexibility index (Phi) is 7.46. The van der Waals surface area contributed by atoms with Gasteiger partial charge in [0.15, 0.2) is 5.11 Å². The standard InChI is InChI=1S/C22H17Cl2N3O3S/c1-30-17-8-5-13(6-9-17)20(28)27-22(31)26-16-4-2-3-15(12-16)25-21(29)18-10-7-14(23)11-19(18)24/h2-12H,1H3,(H,25,29)(H2,26,27,28,31). The van der Waals surface area contributed by atoms with Gasteiger partial charge in [-0.2, -0.15) is 0 Å². The maximum atomic E-state index is 12.5. The molecule has 0 aliphatic carbocycles. The van der Waals surface area contributed by atoms with Crippen molar-refractivity contribution in [2.75, 3.05) is 17.7 Å². The van der Waals surface area contributed by atoms with Crippen molar-refractivity contribution in [2.24, 2.45) is 0 Å². The molecule has 0 heterocycles. The molecule has 0 saturated heterocycles. The van der Waals surface area contributed by atoms with Crippen LogP contribution in [-0.2, 0) is 0 Å². The van der Waals surface area contributed by atoms with Gasteiger partial charge < -0.3 is 15.4 Å². The number of halogens is 2. The van der Waals surface area contributed by atoms with Crippen molar-refractivity contribution in [3.8, 4) is 5.75 Å². The molecule has 6 nitrogen and oxygen atoms in total. The van der Waals surface area contributed by atoms with Crippen LogP contribution in [0.1, 0.15) is 20.7 Å². The van der Waals surface area contributed by atoms with Crippen molar-refractivity contribution < 1.29 is 14.3 Å². The highest BCUT2D eigenvalue weighted by Gasteiger charge is 2.12. The lowest BCUT2D eigenvalue weighted by molar-refractivity contribution is 0.0976. The molecular weight excluding hydrogens is 457 g/mol. The summed E-state index contributed by atoms with van der Waals surface area (Å²) in [5, 5.41) is 9.09. The lowest BCUT2D eigenvalue weighted by atomic mass is 10.2. The van der Waals surface area contributed by atoms with Gasteiger partial charge in [-0.05, 0) is 72.9 Å². The second-order valence-corrected chi connectivity index (χ2v) is 7.55. The number of carbonyl (C=O) groups is 2. The largest absolute Gasteiger partial charge is 0.497 e. The number of benzene rings is 3. The summed E-state index contributed by atoms with van der Waals surface area (Å²) in [6.07, 6.45) is 0. The van der Waals surface area contributed by atoms with E-state index in [0.29, 0.717) is 33.3 Å². The lowest BCUT2D eigenvalue weighted by Gasteiger charge is -2.12. The van der Waals surface area contributed by atoms with Gasteiger partial charge in [0.2, 0.25) is 0 Å². The van der Waals surface area contributed by atoms with Crippen LogP contribution in [0, 0.1) is 0 Å². The van der Waals surface area contributed by atoms with Gasteiger partial charge in [-0.3, -0.25) is 14.9 Å². The summed E-state index contributed by atoms with van der Waals surface area (Å²) in [6, 6.07) is 18.1. The normalized spacial score (nSPS) is 10.2. The third-order valence-electron chi connectivity index (χ3n) is 4.13. The maximum absolute atomic E-state index is 12.5. The van der Waals surface area contributed by atoms with E-state index >= 15 is 0 Å². The van der Waals surface area contributed by atoms with E-state index in [1.165, 1.54) is 6.07 Å². The van der Waals surface area contributed by atoms with Crippen LogP contribution in [-0.4, -0.2) is 24.0 Å². The van der Waals surface area contributed by atoms with Crippen molar-refractivity contribution >= 4 is 63.7 Å². The Morgan fingerprint density at radius 1 is 0.871 bits per heavy atom. The average molecular weight is 474 g/mol. The van der Waals surface area contributed by atoms with Crippen LogP contribution in [0.5, 0.6) is 5.75 Å². The number of carbonyl (C=O) groups excluding carboxylic acids is 2. The van der Waals surface area contributed by atoms with E-state index in [0.717, 1.165) is 0 Å². The van der Waals surface area contributed by atoms with E-state index in [-0.39, 0.29) is 21.9 Å². The number of hydrogen-bond donors (Lipinski definition) is 3. The monoisotopic (exact) mass is 473 g/mol. The predicted octanol–water partition coefficient (Wildman–Crippen LogP) is 5.38. The minimum absolute atomic E-state index is 0.116. The van der Waals surface area contributed by atoms with Gasteiger partial charge >= 0.3 is 0 Å². The number of anilines is 2. The van der Waals surface area contributed by atoms with E-state index < -0.39 is 0 Å². The topological polar surface area (TPSA) is 79.5 Å². The number of amides is 2. The zero-order chi connectivity index (χ0) is 22.4. The van der Waals surface area contributed by atoms with E-state index in [9.17, 15) is 9.59 Å². The molecule has 0 aliphatic rings. The van der Waals surface area contributed by atoms with Crippen molar-refractivity contribution in [3.63, 3.8) is 0 Å². The summed E-state index contributed by atoms with van der Waals surface area (Å²) in [4.78, 5) is 24.8. The van der Waals surface area contributed by atoms with Gasteiger partial charge in [-0.25, -0.2) is 0 Å². The van der Waals surface area contributed by atoms with E-state index in [2.05, 4.69) is 16.0 Å². The first kappa shape index (κ1) is 22.6. The molecule has 0 saturated carbocycles. The van der Waals surface area contributed by atoms with E-state index in [1.54, 1.807) is 67.8 Å². The molecule has 0 bridgehead atoms. The number of nitrogens with one attached hydrogen (secondary N) is 3. The first-order valence-electron chi connectivity index (χ1n) is 8.98. The molecule has 0 aliphatic heterocycles. The molecule has 0 atom stereocenters. The van der Waals surface area contributed by atoms with Crippen molar-refractivity contribution in [2.45, 2.75) is 0 Å². The van der Waals surface area contributed by atoms with Crippen molar-refractivity contribution in [1.29, 1.82) is 0 Å². The number of rotatable bonds is 5. The Morgan fingerprint density at radius 3 is 2.19 bits per heavy atom. The van der Waals surface area contributed by atoms with E-state index in [1.807, 2.05) is 0 Å². The lowest BCUT2D eigenvalue weighted by Crippen LogP contribution is -2.34. The molecule has 2 amide bonds. The van der Waals surface area contributed by atoms with Crippen LogP contribution in [0.15, 0.2) is 66.7 Å². The van der Waals surface area contributed by atoms with Gasteiger partial charge in [0.1, 0.15) is 5.75 Å². The van der Waals surface area contributed by atoms with Gasteiger partial charge in [-0.1, -0.05) is 29.3 Å². The summed E-state index contributed by atoms with van der Waals surface area (Å²) in [7, 11) is 1.55. The Labute approximate surface area is 194 Å². The Balaban J connectivity index is 1.62. The fourth-order valence-electron chi connectivity index (χ4n) is 2.63. The van der Waals surface area contributed by atoms with Crippen LogP contribution < -0.4 is 20.7 Å². The predicted molar refractivity (Wildman–Crippen MR) is 128 cm³/mol. The molecule has 3 N–H and O–H groups in total. The van der Waals surface area contributed by atoms with Crippen LogP contribution in [0.4, 0.5) is 11.4 Å². The Hall–Kier alpha value is -3.13. The second-order valence-electron chi connectivity index (χ2n) is 6.30. The molecule has 0 radical (unpaired) electrons. The summed E-state index contributed by atoms with van der Waals surface area (Å²) in [5.41, 5.74) is 1.84. The fraction of sp³-hybridized carbons (Fsp3) is 0.0455. The van der Waals surface area contributed by atoms with Crippen molar-refractivity contribution in [3.05, 3.63) is 87.9 Å². The Morgan fingerprint density at radius 2 is 1.55 bits per heavy atom. The molecule has 9 heteroatoms. The molecule has 3 rings (SSSR count). The average Bonchev–Trinajstić information content (AvgIpc) is 2.73.